The molecule has 0 atom stereocenters. The van der Waals surface area contributed by atoms with Gasteiger partial charge in [0.05, 0.1) is 18.3 Å². The molecule has 0 aromatic heterocycles. The summed E-state index contributed by atoms with van der Waals surface area (Å²) in [6.45, 7) is 1.87. The van der Waals surface area contributed by atoms with E-state index in [-0.39, 0.29) is 23.5 Å². The Morgan fingerprint density at radius 3 is 2.03 bits per heavy atom. The number of hydrogen-bond donors (Lipinski definition) is 0. The van der Waals surface area contributed by atoms with Crippen molar-refractivity contribution in [1.82, 2.24) is 0 Å². The van der Waals surface area contributed by atoms with Gasteiger partial charge in [0.2, 0.25) is 5.82 Å². The van der Waals surface area contributed by atoms with Crippen LogP contribution in [0.1, 0.15) is 44.6 Å². The molecule has 0 heterocycles. The normalized spacial score (nSPS) is 14.9. The Kier molecular flexibility index (Phi) is 7.22. The van der Waals surface area contributed by atoms with Crippen LogP contribution in [0.3, 0.4) is 0 Å². The number of halogens is 5. The zero-order valence-corrected chi connectivity index (χ0v) is 18.7. The standard InChI is InChI=1S/C27H25F5O2/c1-2-33-24-15-14-22(25(29)26(24)30)18-10-8-17(9-11-18)21-13-12-19(16-23(21)28)27(31,32)34-20-6-4-3-5-7-20/h8-16,20H,2-7H2,1H3. The van der Waals surface area contributed by atoms with Gasteiger partial charge in [-0.25, -0.2) is 8.78 Å². The minimum atomic E-state index is -3.58. The molecule has 34 heavy (non-hydrogen) atoms. The summed E-state index contributed by atoms with van der Waals surface area (Å²) in [6, 6.07) is 12.0. The van der Waals surface area contributed by atoms with E-state index in [1.807, 2.05) is 0 Å². The number of hydrogen-bond acceptors (Lipinski definition) is 2. The van der Waals surface area contributed by atoms with Crippen LogP contribution < -0.4 is 4.74 Å². The smallest absolute Gasteiger partial charge is 0.383 e. The predicted octanol–water partition coefficient (Wildman–Crippen LogP) is 8.24. The van der Waals surface area contributed by atoms with E-state index in [1.54, 1.807) is 6.92 Å². The monoisotopic (exact) mass is 476 g/mol. The van der Waals surface area contributed by atoms with Gasteiger partial charge in [0.1, 0.15) is 5.82 Å². The molecule has 0 aliphatic heterocycles. The molecule has 3 aromatic rings. The Labute approximate surface area is 195 Å². The van der Waals surface area contributed by atoms with Crippen molar-refractivity contribution in [3.05, 3.63) is 77.6 Å². The molecule has 2 nitrogen and oxygen atoms in total. The molecule has 180 valence electrons. The highest BCUT2D eigenvalue weighted by Gasteiger charge is 2.37. The van der Waals surface area contributed by atoms with Crippen molar-refractivity contribution >= 4 is 0 Å². The molecular weight excluding hydrogens is 451 g/mol. The van der Waals surface area contributed by atoms with Gasteiger partial charge in [-0.1, -0.05) is 49.6 Å². The van der Waals surface area contributed by atoms with Crippen LogP contribution in [0, 0.1) is 17.5 Å². The summed E-state index contributed by atoms with van der Waals surface area (Å²) in [5, 5.41) is 0. The van der Waals surface area contributed by atoms with Crippen LogP contribution in [-0.4, -0.2) is 12.7 Å². The van der Waals surface area contributed by atoms with E-state index in [2.05, 4.69) is 0 Å². The van der Waals surface area contributed by atoms with Crippen LogP contribution in [0.25, 0.3) is 22.3 Å². The first-order valence-corrected chi connectivity index (χ1v) is 11.4. The van der Waals surface area contributed by atoms with Crippen LogP contribution in [0.15, 0.2) is 54.6 Å². The topological polar surface area (TPSA) is 18.5 Å². The Hall–Kier alpha value is -2.93. The maximum atomic E-state index is 14.8. The maximum absolute atomic E-state index is 14.8. The van der Waals surface area contributed by atoms with E-state index in [0.29, 0.717) is 24.0 Å². The predicted molar refractivity (Wildman–Crippen MR) is 120 cm³/mol. The summed E-state index contributed by atoms with van der Waals surface area (Å²) in [6.07, 6.45) is -0.280. The lowest BCUT2D eigenvalue weighted by Gasteiger charge is -2.27. The molecule has 1 aliphatic rings. The first-order chi connectivity index (χ1) is 16.3. The van der Waals surface area contributed by atoms with E-state index in [4.69, 9.17) is 9.47 Å². The highest BCUT2D eigenvalue weighted by atomic mass is 19.3. The van der Waals surface area contributed by atoms with Gasteiger partial charge in [0.25, 0.3) is 0 Å². The fraction of sp³-hybridized carbons (Fsp3) is 0.333. The zero-order chi connectivity index (χ0) is 24.3. The van der Waals surface area contributed by atoms with Gasteiger partial charge >= 0.3 is 6.11 Å². The van der Waals surface area contributed by atoms with Gasteiger partial charge < -0.3 is 9.47 Å². The van der Waals surface area contributed by atoms with Crippen molar-refractivity contribution < 1.29 is 31.4 Å². The molecule has 7 heteroatoms. The molecular formula is C27H25F5O2. The Morgan fingerprint density at radius 2 is 1.41 bits per heavy atom. The van der Waals surface area contributed by atoms with Crippen molar-refractivity contribution in [2.45, 2.75) is 51.2 Å². The van der Waals surface area contributed by atoms with E-state index in [0.717, 1.165) is 31.4 Å². The zero-order valence-electron chi connectivity index (χ0n) is 18.7. The molecule has 1 aliphatic carbocycles. The van der Waals surface area contributed by atoms with E-state index in [9.17, 15) is 22.0 Å². The largest absolute Gasteiger partial charge is 0.491 e. The molecule has 1 saturated carbocycles. The quantitative estimate of drug-likeness (QED) is 0.320. The number of alkyl halides is 2. The van der Waals surface area contributed by atoms with Crippen LogP contribution in [0.5, 0.6) is 5.75 Å². The molecule has 0 spiro atoms. The van der Waals surface area contributed by atoms with Gasteiger partial charge in [-0.2, -0.15) is 13.2 Å². The molecule has 0 N–H and O–H groups in total. The lowest BCUT2D eigenvalue weighted by atomic mass is 9.97. The highest BCUT2D eigenvalue weighted by molar-refractivity contribution is 5.71. The lowest BCUT2D eigenvalue weighted by molar-refractivity contribution is -0.277. The average molecular weight is 476 g/mol. The van der Waals surface area contributed by atoms with E-state index in [1.165, 1.54) is 42.5 Å². The average Bonchev–Trinajstić information content (AvgIpc) is 2.83. The highest BCUT2D eigenvalue weighted by Crippen LogP contribution is 2.37. The fourth-order valence-corrected chi connectivity index (χ4v) is 4.24. The molecule has 0 unspecified atom stereocenters. The van der Waals surface area contributed by atoms with Crippen molar-refractivity contribution in [3.8, 4) is 28.0 Å². The number of rotatable bonds is 7. The summed E-state index contributed by atoms with van der Waals surface area (Å²) in [5.41, 5.74) is 0.400. The van der Waals surface area contributed by atoms with Gasteiger partial charge in [0, 0.05) is 11.1 Å². The van der Waals surface area contributed by atoms with Gasteiger partial charge in [-0.3, -0.25) is 0 Å². The van der Waals surface area contributed by atoms with Crippen LogP contribution in [0.2, 0.25) is 0 Å². The second kappa shape index (κ2) is 10.1. The third-order valence-electron chi connectivity index (χ3n) is 6.03. The third kappa shape index (κ3) is 5.09. The molecule has 0 saturated heterocycles. The molecule has 1 fully saturated rings. The van der Waals surface area contributed by atoms with Gasteiger partial charge in [-0.15, -0.1) is 0 Å². The van der Waals surface area contributed by atoms with Crippen LogP contribution >= 0.6 is 0 Å². The second-order valence-electron chi connectivity index (χ2n) is 8.34. The lowest BCUT2D eigenvalue weighted by Crippen LogP contribution is -2.27. The first kappa shape index (κ1) is 24.2. The number of ether oxygens (including phenoxy) is 2. The maximum Gasteiger partial charge on any atom is 0.383 e. The number of benzene rings is 3. The molecule has 0 amide bonds. The third-order valence-corrected chi connectivity index (χ3v) is 6.03. The Bertz CT molecular complexity index is 1140. The van der Waals surface area contributed by atoms with Gasteiger partial charge in [0.15, 0.2) is 11.6 Å². The summed E-state index contributed by atoms with van der Waals surface area (Å²) in [7, 11) is 0. The van der Waals surface area contributed by atoms with Crippen LogP contribution in [-0.2, 0) is 10.8 Å². The summed E-state index contributed by atoms with van der Waals surface area (Å²) in [4.78, 5) is 0. The van der Waals surface area contributed by atoms with Crippen molar-refractivity contribution in [2.75, 3.05) is 6.61 Å². The fourth-order valence-electron chi connectivity index (χ4n) is 4.24. The van der Waals surface area contributed by atoms with Gasteiger partial charge in [-0.05, 0) is 55.2 Å². The summed E-state index contributed by atoms with van der Waals surface area (Å²) in [5.74, 6) is -3.13. The Morgan fingerprint density at radius 1 is 0.794 bits per heavy atom. The van der Waals surface area contributed by atoms with Crippen molar-refractivity contribution in [2.24, 2.45) is 0 Å². The summed E-state index contributed by atoms with van der Waals surface area (Å²) < 4.78 is 82.7. The second-order valence-corrected chi connectivity index (χ2v) is 8.34. The molecule has 0 radical (unpaired) electrons. The van der Waals surface area contributed by atoms with Crippen molar-refractivity contribution in [1.29, 1.82) is 0 Å². The SMILES string of the molecule is CCOc1ccc(-c2ccc(-c3ccc(C(F)(F)OC4CCCCC4)cc3F)cc2)c(F)c1F. The summed E-state index contributed by atoms with van der Waals surface area (Å²) >= 11 is 0. The van der Waals surface area contributed by atoms with Crippen LogP contribution in [0.4, 0.5) is 22.0 Å². The first-order valence-electron chi connectivity index (χ1n) is 11.4. The Balaban J connectivity index is 1.55. The minimum Gasteiger partial charge on any atom is -0.491 e. The van der Waals surface area contributed by atoms with E-state index < -0.39 is 35.2 Å². The minimum absolute atomic E-state index is 0.0304. The molecule has 3 aromatic carbocycles. The molecule has 4 rings (SSSR count). The van der Waals surface area contributed by atoms with E-state index >= 15 is 0 Å². The van der Waals surface area contributed by atoms with Crippen molar-refractivity contribution in [3.63, 3.8) is 0 Å². The molecule has 0 bridgehead atoms.